The SMILES string of the molecule is CCOc1ccc(-n2c(Cc3ccccc3)nnc2SCCC#N)cc1. The lowest BCUT2D eigenvalue weighted by Gasteiger charge is -2.11. The summed E-state index contributed by atoms with van der Waals surface area (Å²) in [7, 11) is 0. The van der Waals surface area contributed by atoms with E-state index in [1.165, 1.54) is 5.56 Å². The van der Waals surface area contributed by atoms with Gasteiger partial charge in [-0.1, -0.05) is 42.1 Å². The van der Waals surface area contributed by atoms with Crippen molar-refractivity contribution < 1.29 is 4.74 Å². The largest absolute Gasteiger partial charge is 0.494 e. The van der Waals surface area contributed by atoms with Crippen molar-refractivity contribution in [2.24, 2.45) is 0 Å². The van der Waals surface area contributed by atoms with Crippen LogP contribution in [-0.4, -0.2) is 27.1 Å². The molecule has 2 aromatic carbocycles. The molecule has 0 saturated heterocycles. The molecule has 0 atom stereocenters. The van der Waals surface area contributed by atoms with Crippen LogP contribution < -0.4 is 4.74 Å². The van der Waals surface area contributed by atoms with Crippen LogP contribution in [0, 0.1) is 11.3 Å². The Balaban J connectivity index is 1.93. The molecule has 0 radical (unpaired) electrons. The number of nitrogens with zero attached hydrogens (tertiary/aromatic N) is 4. The summed E-state index contributed by atoms with van der Waals surface area (Å²) in [5.74, 6) is 2.41. The number of aromatic nitrogens is 3. The molecule has 0 spiro atoms. The summed E-state index contributed by atoms with van der Waals surface area (Å²) < 4.78 is 7.59. The maximum Gasteiger partial charge on any atom is 0.195 e. The zero-order valence-electron chi connectivity index (χ0n) is 14.6. The van der Waals surface area contributed by atoms with Crippen molar-refractivity contribution >= 4 is 11.8 Å². The monoisotopic (exact) mass is 364 g/mol. The third-order valence-corrected chi connectivity index (χ3v) is 4.69. The fourth-order valence-corrected chi connectivity index (χ4v) is 3.41. The van der Waals surface area contributed by atoms with E-state index in [0.717, 1.165) is 22.4 Å². The standard InChI is InChI=1S/C20H20N4OS/c1-2-25-18-11-9-17(10-12-18)24-19(15-16-7-4-3-5-8-16)22-23-20(24)26-14-6-13-21/h3-5,7-12H,2,6,14-15H2,1H3. The van der Waals surface area contributed by atoms with Crippen molar-refractivity contribution in [2.75, 3.05) is 12.4 Å². The zero-order valence-corrected chi connectivity index (χ0v) is 15.4. The van der Waals surface area contributed by atoms with E-state index >= 15 is 0 Å². The molecular formula is C20H20N4OS. The second kappa shape index (κ2) is 9.07. The number of hydrogen-bond acceptors (Lipinski definition) is 5. The topological polar surface area (TPSA) is 63.7 Å². The van der Waals surface area contributed by atoms with E-state index in [1.807, 2.05) is 49.4 Å². The lowest BCUT2D eigenvalue weighted by molar-refractivity contribution is 0.340. The first-order chi connectivity index (χ1) is 12.8. The molecule has 0 saturated carbocycles. The van der Waals surface area contributed by atoms with Gasteiger partial charge in [0.25, 0.3) is 0 Å². The summed E-state index contributed by atoms with van der Waals surface area (Å²) in [5.41, 5.74) is 2.17. The molecule has 1 heterocycles. The summed E-state index contributed by atoms with van der Waals surface area (Å²) in [5, 5.41) is 18.4. The lowest BCUT2D eigenvalue weighted by atomic mass is 10.1. The van der Waals surface area contributed by atoms with E-state index in [9.17, 15) is 0 Å². The molecule has 6 heteroatoms. The highest BCUT2D eigenvalue weighted by molar-refractivity contribution is 7.99. The average Bonchev–Trinajstić information content (AvgIpc) is 3.06. The van der Waals surface area contributed by atoms with Gasteiger partial charge >= 0.3 is 0 Å². The summed E-state index contributed by atoms with van der Waals surface area (Å²) in [6, 6.07) is 20.3. The van der Waals surface area contributed by atoms with Crippen LogP contribution in [0.4, 0.5) is 0 Å². The third-order valence-electron chi connectivity index (χ3n) is 3.76. The van der Waals surface area contributed by atoms with E-state index in [0.29, 0.717) is 25.2 Å². The molecule has 0 aliphatic heterocycles. The fraction of sp³-hybridized carbons (Fsp3) is 0.250. The molecule has 132 valence electrons. The van der Waals surface area contributed by atoms with E-state index in [1.54, 1.807) is 11.8 Å². The number of benzene rings is 2. The molecule has 5 nitrogen and oxygen atoms in total. The predicted molar refractivity (Wildman–Crippen MR) is 103 cm³/mol. The smallest absolute Gasteiger partial charge is 0.195 e. The molecule has 0 amide bonds. The van der Waals surface area contributed by atoms with Crippen LogP contribution in [0.15, 0.2) is 59.8 Å². The number of ether oxygens (including phenoxy) is 1. The lowest BCUT2D eigenvalue weighted by Crippen LogP contribution is -2.04. The van der Waals surface area contributed by atoms with E-state index < -0.39 is 0 Å². The number of thioether (sulfide) groups is 1. The Labute approximate surface area is 157 Å². The van der Waals surface area contributed by atoms with Gasteiger partial charge in [-0.15, -0.1) is 10.2 Å². The van der Waals surface area contributed by atoms with Crippen LogP contribution in [0.1, 0.15) is 24.7 Å². The molecule has 0 fully saturated rings. The van der Waals surface area contributed by atoms with Gasteiger partial charge in [-0.25, -0.2) is 0 Å². The molecule has 3 rings (SSSR count). The number of hydrogen-bond donors (Lipinski definition) is 0. The highest BCUT2D eigenvalue weighted by atomic mass is 32.2. The first-order valence-corrected chi connectivity index (χ1v) is 9.51. The molecule has 0 aliphatic carbocycles. The van der Waals surface area contributed by atoms with Gasteiger partial charge in [-0.05, 0) is 36.8 Å². The molecule has 0 aliphatic rings. The number of nitriles is 1. The highest BCUT2D eigenvalue weighted by Crippen LogP contribution is 2.25. The second-order valence-corrected chi connectivity index (χ2v) is 6.64. The average molecular weight is 364 g/mol. The summed E-state index contributed by atoms with van der Waals surface area (Å²) in [6.45, 7) is 2.61. The van der Waals surface area contributed by atoms with Gasteiger partial charge in [0.2, 0.25) is 0 Å². The first kappa shape index (κ1) is 18.0. The zero-order chi connectivity index (χ0) is 18.2. The maximum absolute atomic E-state index is 8.79. The van der Waals surface area contributed by atoms with Crippen molar-refractivity contribution in [2.45, 2.75) is 24.9 Å². The van der Waals surface area contributed by atoms with Crippen LogP contribution in [0.2, 0.25) is 0 Å². The Bertz CT molecular complexity index is 869. The minimum atomic E-state index is 0.481. The van der Waals surface area contributed by atoms with Crippen molar-refractivity contribution in [1.29, 1.82) is 5.26 Å². The van der Waals surface area contributed by atoms with Crippen molar-refractivity contribution in [3.05, 3.63) is 66.0 Å². The highest BCUT2D eigenvalue weighted by Gasteiger charge is 2.15. The van der Waals surface area contributed by atoms with Gasteiger partial charge in [-0.3, -0.25) is 4.57 Å². The molecule has 0 N–H and O–H groups in total. The van der Waals surface area contributed by atoms with E-state index in [4.69, 9.17) is 10.00 Å². The summed E-state index contributed by atoms with van der Waals surface area (Å²) in [4.78, 5) is 0. The van der Waals surface area contributed by atoms with Crippen LogP contribution in [0.25, 0.3) is 5.69 Å². The molecule has 3 aromatic rings. The first-order valence-electron chi connectivity index (χ1n) is 8.53. The molecule has 1 aromatic heterocycles. The molecule has 0 unspecified atom stereocenters. The maximum atomic E-state index is 8.79. The minimum Gasteiger partial charge on any atom is -0.494 e. The van der Waals surface area contributed by atoms with Crippen molar-refractivity contribution in [3.8, 4) is 17.5 Å². The number of rotatable bonds is 8. The predicted octanol–water partition coefficient (Wildman–Crippen LogP) is 4.26. The summed E-state index contributed by atoms with van der Waals surface area (Å²) >= 11 is 1.55. The van der Waals surface area contributed by atoms with Gasteiger partial charge in [-0.2, -0.15) is 5.26 Å². The Morgan fingerprint density at radius 1 is 1.08 bits per heavy atom. The van der Waals surface area contributed by atoms with Crippen LogP contribution in [0.5, 0.6) is 5.75 Å². The van der Waals surface area contributed by atoms with Gasteiger partial charge in [0.05, 0.1) is 12.7 Å². The van der Waals surface area contributed by atoms with Gasteiger partial charge in [0.1, 0.15) is 11.6 Å². The van der Waals surface area contributed by atoms with Gasteiger partial charge in [0.15, 0.2) is 5.16 Å². The molecule has 0 bridgehead atoms. The van der Waals surface area contributed by atoms with Crippen LogP contribution in [0.3, 0.4) is 0 Å². The van der Waals surface area contributed by atoms with Gasteiger partial charge < -0.3 is 4.74 Å². The van der Waals surface area contributed by atoms with Crippen molar-refractivity contribution in [1.82, 2.24) is 14.8 Å². The third kappa shape index (κ3) is 4.44. The molecular weight excluding hydrogens is 344 g/mol. The quantitative estimate of drug-likeness (QED) is 0.441. The normalized spacial score (nSPS) is 10.5. The minimum absolute atomic E-state index is 0.481. The fourth-order valence-electron chi connectivity index (χ4n) is 2.59. The van der Waals surface area contributed by atoms with Crippen LogP contribution in [-0.2, 0) is 6.42 Å². The Morgan fingerprint density at radius 2 is 1.85 bits per heavy atom. The second-order valence-electron chi connectivity index (χ2n) is 5.58. The molecule has 26 heavy (non-hydrogen) atoms. The van der Waals surface area contributed by atoms with E-state index in [-0.39, 0.29) is 0 Å². The Kier molecular flexibility index (Phi) is 6.29. The Hall–Kier alpha value is -2.78. The van der Waals surface area contributed by atoms with E-state index in [2.05, 4.69) is 33.0 Å². The van der Waals surface area contributed by atoms with Crippen molar-refractivity contribution in [3.63, 3.8) is 0 Å². The Morgan fingerprint density at radius 3 is 2.54 bits per heavy atom. The van der Waals surface area contributed by atoms with Gasteiger partial charge in [0, 0.05) is 24.3 Å². The van der Waals surface area contributed by atoms with Crippen LogP contribution >= 0.6 is 11.8 Å². The summed E-state index contributed by atoms with van der Waals surface area (Å²) in [6.07, 6.45) is 1.18.